The lowest BCUT2D eigenvalue weighted by atomic mass is 9.97. The first kappa shape index (κ1) is 13.2. The van der Waals surface area contributed by atoms with Gasteiger partial charge in [-0.05, 0) is 43.4 Å². The summed E-state index contributed by atoms with van der Waals surface area (Å²) in [7, 11) is 0. The van der Waals surface area contributed by atoms with Crippen LogP contribution in [0.4, 0.5) is 5.88 Å². The summed E-state index contributed by atoms with van der Waals surface area (Å²) in [6.07, 6.45) is 4.34. The van der Waals surface area contributed by atoms with Crippen LogP contribution in [0.25, 0.3) is 0 Å². The molecular weight excluding hydrogens is 284 g/mol. The minimum atomic E-state index is -0.122. The van der Waals surface area contributed by atoms with Crippen molar-refractivity contribution in [2.75, 3.05) is 12.1 Å². The molecule has 0 saturated carbocycles. The number of hydrogen-bond acceptors (Lipinski definition) is 5. The molecule has 1 amide bonds. The number of ether oxygens (including phenoxy) is 2. The van der Waals surface area contributed by atoms with E-state index in [1.165, 1.54) is 0 Å². The second-order valence-electron chi connectivity index (χ2n) is 5.56. The van der Waals surface area contributed by atoms with E-state index in [4.69, 9.17) is 14.0 Å². The molecule has 114 valence electrons. The number of rotatable bonds is 3. The van der Waals surface area contributed by atoms with Crippen molar-refractivity contribution in [2.24, 2.45) is 0 Å². The lowest BCUT2D eigenvalue weighted by molar-refractivity contribution is -0.115. The van der Waals surface area contributed by atoms with Crippen molar-refractivity contribution >= 4 is 11.8 Å². The first-order valence-corrected chi connectivity index (χ1v) is 7.45. The standard InChI is InChI=1S/C16H16N2O4/c19-15(8-10-5-6-13-14(7-10)21-9-20-13)17-16-11-3-1-2-4-12(11)18-22-16/h5-7H,1-4,8-9H2,(H,17,19). The van der Waals surface area contributed by atoms with Crippen LogP contribution < -0.4 is 14.8 Å². The van der Waals surface area contributed by atoms with Gasteiger partial charge in [0.1, 0.15) is 0 Å². The quantitative estimate of drug-likeness (QED) is 0.942. The summed E-state index contributed by atoms with van der Waals surface area (Å²) in [6, 6.07) is 5.52. The van der Waals surface area contributed by atoms with Gasteiger partial charge in [0.15, 0.2) is 11.5 Å². The summed E-state index contributed by atoms with van der Waals surface area (Å²) in [5, 5.41) is 6.86. The van der Waals surface area contributed by atoms with Crippen molar-refractivity contribution in [2.45, 2.75) is 32.1 Å². The lowest BCUT2D eigenvalue weighted by Crippen LogP contribution is -2.15. The molecule has 1 N–H and O–H groups in total. The fraction of sp³-hybridized carbons (Fsp3) is 0.375. The minimum Gasteiger partial charge on any atom is -0.454 e. The molecule has 1 aliphatic heterocycles. The van der Waals surface area contributed by atoms with Crippen LogP contribution in [0, 0.1) is 0 Å². The Morgan fingerprint density at radius 2 is 2.05 bits per heavy atom. The number of nitrogens with one attached hydrogen (secondary N) is 1. The molecule has 0 bridgehead atoms. The highest BCUT2D eigenvalue weighted by Gasteiger charge is 2.21. The Kier molecular flexibility index (Phi) is 3.21. The smallest absolute Gasteiger partial charge is 0.234 e. The number of aryl methyl sites for hydroxylation is 1. The normalized spacial score (nSPS) is 15.5. The molecule has 0 unspecified atom stereocenters. The SMILES string of the molecule is O=C(Cc1ccc2c(c1)OCO2)Nc1onc2c1CCCC2. The zero-order chi connectivity index (χ0) is 14.9. The second-order valence-corrected chi connectivity index (χ2v) is 5.56. The number of fused-ring (bicyclic) bond motifs is 2. The molecule has 4 rings (SSSR count). The van der Waals surface area contributed by atoms with E-state index in [-0.39, 0.29) is 19.1 Å². The van der Waals surface area contributed by atoms with Gasteiger partial charge in [-0.25, -0.2) is 0 Å². The van der Waals surface area contributed by atoms with Crippen molar-refractivity contribution in [1.29, 1.82) is 0 Å². The Hall–Kier alpha value is -2.50. The molecule has 6 heteroatoms. The van der Waals surface area contributed by atoms with E-state index in [0.717, 1.165) is 42.5 Å². The van der Waals surface area contributed by atoms with E-state index in [2.05, 4.69) is 10.5 Å². The largest absolute Gasteiger partial charge is 0.454 e. The lowest BCUT2D eigenvalue weighted by Gasteiger charge is -2.09. The van der Waals surface area contributed by atoms with Crippen LogP contribution in [0.5, 0.6) is 11.5 Å². The Labute approximate surface area is 127 Å². The van der Waals surface area contributed by atoms with Crippen LogP contribution in [0.2, 0.25) is 0 Å². The van der Waals surface area contributed by atoms with Gasteiger partial charge in [0, 0.05) is 5.56 Å². The molecule has 0 fully saturated rings. The van der Waals surface area contributed by atoms with E-state index in [1.807, 2.05) is 18.2 Å². The van der Waals surface area contributed by atoms with E-state index >= 15 is 0 Å². The zero-order valence-corrected chi connectivity index (χ0v) is 12.1. The maximum atomic E-state index is 12.2. The van der Waals surface area contributed by atoms with E-state index < -0.39 is 0 Å². The van der Waals surface area contributed by atoms with Gasteiger partial charge < -0.3 is 14.0 Å². The molecular formula is C16H16N2O4. The number of carbonyl (C=O) groups is 1. The molecule has 0 spiro atoms. The average molecular weight is 300 g/mol. The molecule has 1 aromatic carbocycles. The Morgan fingerprint density at radius 3 is 3.00 bits per heavy atom. The van der Waals surface area contributed by atoms with Crippen LogP contribution in [-0.2, 0) is 24.1 Å². The Balaban J connectivity index is 1.45. The highest BCUT2D eigenvalue weighted by Crippen LogP contribution is 2.33. The topological polar surface area (TPSA) is 73.6 Å². The van der Waals surface area contributed by atoms with Gasteiger partial charge in [-0.2, -0.15) is 0 Å². The molecule has 1 aromatic heterocycles. The zero-order valence-electron chi connectivity index (χ0n) is 12.1. The Morgan fingerprint density at radius 1 is 1.18 bits per heavy atom. The molecule has 6 nitrogen and oxygen atoms in total. The van der Waals surface area contributed by atoms with Crippen LogP contribution in [-0.4, -0.2) is 17.9 Å². The summed E-state index contributed by atoms with van der Waals surface area (Å²) in [6.45, 7) is 0.231. The predicted molar refractivity (Wildman–Crippen MR) is 78.0 cm³/mol. The first-order valence-electron chi connectivity index (χ1n) is 7.45. The highest BCUT2D eigenvalue weighted by molar-refractivity contribution is 5.91. The number of hydrogen-bond donors (Lipinski definition) is 1. The molecule has 1 aliphatic carbocycles. The third-order valence-electron chi connectivity index (χ3n) is 4.01. The fourth-order valence-corrected chi connectivity index (χ4v) is 2.90. The van der Waals surface area contributed by atoms with Crippen LogP contribution in [0.15, 0.2) is 22.7 Å². The number of amides is 1. The summed E-state index contributed by atoms with van der Waals surface area (Å²) >= 11 is 0. The van der Waals surface area contributed by atoms with Crippen LogP contribution in [0.1, 0.15) is 29.7 Å². The number of benzene rings is 1. The third kappa shape index (κ3) is 2.41. The van der Waals surface area contributed by atoms with Gasteiger partial charge in [0.05, 0.1) is 12.1 Å². The summed E-state index contributed by atoms with van der Waals surface area (Å²) in [4.78, 5) is 12.2. The monoisotopic (exact) mass is 300 g/mol. The molecule has 22 heavy (non-hydrogen) atoms. The number of anilines is 1. The van der Waals surface area contributed by atoms with Gasteiger partial charge in [0.2, 0.25) is 18.6 Å². The molecule has 2 aromatic rings. The number of nitrogens with zero attached hydrogens (tertiary/aromatic N) is 1. The number of carbonyl (C=O) groups excluding carboxylic acids is 1. The number of aromatic nitrogens is 1. The van der Waals surface area contributed by atoms with Crippen molar-refractivity contribution < 1.29 is 18.8 Å². The maximum Gasteiger partial charge on any atom is 0.234 e. The second kappa shape index (κ2) is 5.36. The van der Waals surface area contributed by atoms with E-state index in [1.54, 1.807) is 0 Å². The molecule has 2 aliphatic rings. The van der Waals surface area contributed by atoms with Gasteiger partial charge in [-0.15, -0.1) is 0 Å². The van der Waals surface area contributed by atoms with Crippen molar-refractivity contribution in [3.05, 3.63) is 35.0 Å². The molecule has 2 heterocycles. The van der Waals surface area contributed by atoms with Gasteiger partial charge in [0.25, 0.3) is 0 Å². The summed E-state index contributed by atoms with van der Waals surface area (Å²) in [5.74, 6) is 1.78. The van der Waals surface area contributed by atoms with Crippen LogP contribution >= 0.6 is 0 Å². The van der Waals surface area contributed by atoms with Gasteiger partial charge >= 0.3 is 0 Å². The molecule has 0 atom stereocenters. The fourth-order valence-electron chi connectivity index (χ4n) is 2.90. The Bertz CT molecular complexity index is 723. The summed E-state index contributed by atoms with van der Waals surface area (Å²) < 4.78 is 15.9. The minimum absolute atomic E-state index is 0.122. The summed E-state index contributed by atoms with van der Waals surface area (Å²) in [5.41, 5.74) is 2.89. The predicted octanol–water partition coefficient (Wildman–Crippen LogP) is 2.46. The van der Waals surface area contributed by atoms with Crippen molar-refractivity contribution in [3.63, 3.8) is 0 Å². The maximum absolute atomic E-state index is 12.2. The van der Waals surface area contributed by atoms with Crippen LogP contribution in [0.3, 0.4) is 0 Å². The van der Waals surface area contributed by atoms with E-state index in [0.29, 0.717) is 17.4 Å². The van der Waals surface area contributed by atoms with Crippen molar-refractivity contribution in [3.8, 4) is 11.5 Å². The van der Waals surface area contributed by atoms with Gasteiger partial charge in [-0.1, -0.05) is 11.2 Å². The molecule has 0 radical (unpaired) electrons. The van der Waals surface area contributed by atoms with E-state index in [9.17, 15) is 4.79 Å². The first-order chi connectivity index (χ1) is 10.8. The highest BCUT2D eigenvalue weighted by atomic mass is 16.7. The van der Waals surface area contributed by atoms with Gasteiger partial charge in [-0.3, -0.25) is 10.1 Å². The third-order valence-corrected chi connectivity index (χ3v) is 4.01. The van der Waals surface area contributed by atoms with Crippen molar-refractivity contribution in [1.82, 2.24) is 5.16 Å². The average Bonchev–Trinajstić information content (AvgIpc) is 3.14. The molecule has 0 saturated heterocycles.